The Morgan fingerprint density at radius 3 is 3.19 bits per heavy atom. The van der Waals surface area contributed by atoms with Crippen LogP contribution in [-0.2, 0) is 24.3 Å². The molecule has 0 bridgehead atoms. The van der Waals surface area contributed by atoms with Crippen molar-refractivity contribution in [2.75, 3.05) is 13.2 Å². The van der Waals surface area contributed by atoms with Crippen LogP contribution in [-0.4, -0.2) is 29.3 Å². The Morgan fingerprint density at radius 1 is 1.69 bits per heavy atom. The minimum absolute atomic E-state index is 0.105. The lowest BCUT2D eigenvalue weighted by atomic mass is 10.1. The van der Waals surface area contributed by atoms with Crippen molar-refractivity contribution in [1.82, 2.24) is 4.90 Å². The number of hydrogen-bond acceptors (Lipinski definition) is 4. The molecule has 5 nitrogen and oxygen atoms in total. The van der Waals surface area contributed by atoms with Crippen LogP contribution in [0.5, 0.6) is 0 Å². The number of fused-ring (bicyclic) bond motifs is 1. The highest BCUT2D eigenvalue weighted by atomic mass is 16.6. The molecule has 0 saturated carbocycles. The van der Waals surface area contributed by atoms with Gasteiger partial charge in [0.2, 0.25) is 0 Å². The second-order valence-electron chi connectivity index (χ2n) is 3.69. The quantitative estimate of drug-likeness (QED) is 0.823. The van der Waals surface area contributed by atoms with Crippen LogP contribution in [0.2, 0.25) is 0 Å². The van der Waals surface area contributed by atoms with Crippen molar-refractivity contribution in [1.29, 1.82) is 0 Å². The number of carbonyl (C=O) groups excluding carboxylic acids is 1. The maximum atomic E-state index is 11.5. The maximum Gasteiger partial charge on any atom is 0.410 e. The van der Waals surface area contributed by atoms with Gasteiger partial charge in [-0.3, -0.25) is 0 Å². The maximum absolute atomic E-state index is 11.5. The number of rotatable bonds is 2. The fraction of sp³-hybridized carbons (Fsp3) is 0.545. The monoisotopic (exact) mass is 225 g/mol. The fourth-order valence-corrected chi connectivity index (χ4v) is 1.83. The van der Waals surface area contributed by atoms with Crippen molar-refractivity contribution in [3.8, 4) is 0 Å². The van der Waals surface area contributed by atoms with Crippen LogP contribution in [0.3, 0.4) is 0 Å². The average molecular weight is 225 g/mol. The van der Waals surface area contributed by atoms with Crippen LogP contribution in [0.1, 0.15) is 24.0 Å². The first kappa shape index (κ1) is 11.0. The summed E-state index contributed by atoms with van der Waals surface area (Å²) in [6.45, 7) is 3.11. The van der Waals surface area contributed by atoms with Crippen LogP contribution >= 0.6 is 0 Å². The lowest BCUT2D eigenvalue weighted by Crippen LogP contribution is -2.35. The van der Waals surface area contributed by atoms with Crippen molar-refractivity contribution in [2.24, 2.45) is 0 Å². The van der Waals surface area contributed by atoms with E-state index in [1.807, 2.05) is 6.07 Å². The molecule has 1 aromatic heterocycles. The third kappa shape index (κ3) is 2.04. The molecule has 0 unspecified atom stereocenters. The van der Waals surface area contributed by atoms with Gasteiger partial charge in [-0.05, 0) is 25.0 Å². The number of carbonyl (C=O) groups is 1. The molecule has 5 heteroatoms. The lowest BCUT2D eigenvalue weighted by molar-refractivity contribution is 0.0985. The minimum atomic E-state index is -0.310. The molecule has 2 heterocycles. The summed E-state index contributed by atoms with van der Waals surface area (Å²) in [7, 11) is 0. The molecule has 1 aromatic rings. The third-order valence-corrected chi connectivity index (χ3v) is 2.62. The highest BCUT2D eigenvalue weighted by molar-refractivity contribution is 5.68. The van der Waals surface area contributed by atoms with E-state index in [4.69, 9.17) is 14.3 Å². The number of aliphatic hydroxyl groups excluding tert-OH is 1. The first-order valence-electron chi connectivity index (χ1n) is 5.37. The summed E-state index contributed by atoms with van der Waals surface area (Å²) >= 11 is 0. The molecule has 88 valence electrons. The van der Waals surface area contributed by atoms with E-state index < -0.39 is 0 Å². The van der Waals surface area contributed by atoms with Crippen LogP contribution in [0.4, 0.5) is 4.79 Å². The lowest BCUT2D eigenvalue weighted by Gasteiger charge is -2.24. The van der Waals surface area contributed by atoms with Crippen molar-refractivity contribution in [3.05, 3.63) is 23.2 Å². The van der Waals surface area contributed by atoms with E-state index in [1.54, 1.807) is 11.8 Å². The molecule has 1 amide bonds. The Bertz CT molecular complexity index is 385. The first-order chi connectivity index (χ1) is 7.74. The normalized spacial score (nSPS) is 14.8. The molecular weight excluding hydrogens is 210 g/mol. The van der Waals surface area contributed by atoms with Crippen LogP contribution in [0, 0.1) is 0 Å². The van der Waals surface area contributed by atoms with Gasteiger partial charge >= 0.3 is 6.09 Å². The third-order valence-electron chi connectivity index (χ3n) is 2.62. The summed E-state index contributed by atoms with van der Waals surface area (Å²) in [6.07, 6.45) is 0.438. The Hall–Kier alpha value is -1.49. The average Bonchev–Trinajstić information content (AvgIpc) is 2.70. The van der Waals surface area contributed by atoms with Gasteiger partial charge in [0.25, 0.3) is 0 Å². The highest BCUT2D eigenvalue weighted by Gasteiger charge is 2.24. The summed E-state index contributed by atoms with van der Waals surface area (Å²) in [5, 5.41) is 8.95. The smallest absolute Gasteiger partial charge is 0.410 e. The van der Waals surface area contributed by atoms with Crippen LogP contribution in [0.25, 0.3) is 0 Å². The molecule has 0 aliphatic carbocycles. The zero-order valence-electron chi connectivity index (χ0n) is 9.23. The molecule has 1 aliphatic heterocycles. The number of amides is 1. The van der Waals surface area contributed by atoms with E-state index in [0.29, 0.717) is 25.5 Å². The highest BCUT2D eigenvalue weighted by Crippen LogP contribution is 2.23. The van der Waals surface area contributed by atoms with E-state index in [0.717, 1.165) is 17.7 Å². The largest absolute Gasteiger partial charge is 0.461 e. The van der Waals surface area contributed by atoms with Crippen LogP contribution < -0.4 is 0 Å². The molecule has 0 fully saturated rings. The Balaban J connectivity index is 2.08. The van der Waals surface area contributed by atoms with E-state index in [-0.39, 0.29) is 12.7 Å². The summed E-state index contributed by atoms with van der Waals surface area (Å²) in [4.78, 5) is 13.1. The van der Waals surface area contributed by atoms with Gasteiger partial charge < -0.3 is 19.2 Å². The topological polar surface area (TPSA) is 62.9 Å². The minimum Gasteiger partial charge on any atom is -0.461 e. The molecule has 0 radical (unpaired) electrons. The molecule has 1 aliphatic rings. The summed E-state index contributed by atoms with van der Waals surface area (Å²) in [5.74, 6) is 1.30. The Labute approximate surface area is 93.6 Å². The van der Waals surface area contributed by atoms with Gasteiger partial charge in [0.05, 0.1) is 13.2 Å². The van der Waals surface area contributed by atoms with Crippen molar-refractivity contribution < 1.29 is 19.1 Å². The van der Waals surface area contributed by atoms with E-state index in [2.05, 4.69) is 0 Å². The van der Waals surface area contributed by atoms with Gasteiger partial charge in [-0.2, -0.15) is 0 Å². The molecule has 2 rings (SSSR count). The van der Waals surface area contributed by atoms with Gasteiger partial charge in [0.1, 0.15) is 18.1 Å². The van der Waals surface area contributed by atoms with Gasteiger partial charge in [-0.1, -0.05) is 0 Å². The molecule has 1 N–H and O–H groups in total. The SMILES string of the molecule is CCOC(=O)N1CCc2cc(CO)oc2C1. The number of aliphatic hydroxyl groups is 1. The van der Waals surface area contributed by atoms with Gasteiger partial charge in [0.15, 0.2) is 0 Å². The second kappa shape index (κ2) is 4.57. The summed E-state index contributed by atoms with van der Waals surface area (Å²) in [5.41, 5.74) is 1.07. The molecular formula is C11H15NO4. The van der Waals surface area contributed by atoms with E-state index >= 15 is 0 Å². The van der Waals surface area contributed by atoms with Crippen molar-refractivity contribution in [3.63, 3.8) is 0 Å². The van der Waals surface area contributed by atoms with E-state index in [1.165, 1.54) is 0 Å². The first-order valence-corrected chi connectivity index (χ1v) is 5.37. The predicted octanol–water partition coefficient (Wildman–Crippen LogP) is 1.29. The zero-order chi connectivity index (χ0) is 11.5. The predicted molar refractivity (Wildman–Crippen MR) is 55.8 cm³/mol. The fourth-order valence-electron chi connectivity index (χ4n) is 1.83. The molecule has 0 spiro atoms. The Morgan fingerprint density at radius 2 is 2.50 bits per heavy atom. The standard InChI is InChI=1S/C11H15NO4/c1-2-15-11(14)12-4-3-8-5-9(7-13)16-10(8)6-12/h5,13H,2-4,6-7H2,1H3. The molecule has 0 aromatic carbocycles. The number of furan rings is 1. The van der Waals surface area contributed by atoms with E-state index in [9.17, 15) is 4.79 Å². The molecule has 0 atom stereocenters. The molecule has 16 heavy (non-hydrogen) atoms. The summed E-state index contributed by atoms with van der Waals surface area (Å²) in [6, 6.07) is 1.85. The van der Waals surface area contributed by atoms with Gasteiger partial charge in [-0.25, -0.2) is 4.79 Å². The molecule has 0 saturated heterocycles. The van der Waals surface area contributed by atoms with Crippen LogP contribution in [0.15, 0.2) is 10.5 Å². The van der Waals surface area contributed by atoms with Gasteiger partial charge in [-0.15, -0.1) is 0 Å². The number of hydrogen-bond donors (Lipinski definition) is 1. The Kier molecular flexibility index (Phi) is 3.14. The van der Waals surface area contributed by atoms with Crippen molar-refractivity contribution in [2.45, 2.75) is 26.5 Å². The van der Waals surface area contributed by atoms with Gasteiger partial charge in [0, 0.05) is 6.54 Å². The number of ether oxygens (including phenoxy) is 1. The number of nitrogens with zero attached hydrogens (tertiary/aromatic N) is 1. The summed E-state index contributed by atoms with van der Waals surface area (Å²) < 4.78 is 10.3. The van der Waals surface area contributed by atoms with Crippen molar-refractivity contribution >= 4 is 6.09 Å². The zero-order valence-corrected chi connectivity index (χ0v) is 9.23. The second-order valence-corrected chi connectivity index (χ2v) is 3.69.